The normalized spacial score (nSPS) is 10.3. The van der Waals surface area contributed by atoms with Crippen molar-refractivity contribution in [3.63, 3.8) is 0 Å². The van der Waals surface area contributed by atoms with Gasteiger partial charge in [-0.05, 0) is 36.1 Å². The van der Waals surface area contributed by atoms with Gasteiger partial charge in [-0.1, -0.05) is 23.7 Å². The van der Waals surface area contributed by atoms with Crippen molar-refractivity contribution < 1.29 is 9.53 Å². The largest absolute Gasteiger partial charge is 0.492 e. The Morgan fingerprint density at radius 2 is 2.25 bits per heavy atom. The van der Waals surface area contributed by atoms with E-state index in [1.165, 1.54) is 0 Å². The molecule has 0 radical (unpaired) electrons. The molecular weight excluding hydrogens is 294 g/mol. The summed E-state index contributed by atoms with van der Waals surface area (Å²) < 4.78 is 5.37. The van der Waals surface area contributed by atoms with E-state index in [9.17, 15) is 4.79 Å². The Morgan fingerprint density at radius 1 is 1.40 bits per heavy atom. The fraction of sp³-hybridized carbons (Fsp3) is 0.267. The molecule has 1 N–H and O–H groups in total. The lowest BCUT2D eigenvalue weighted by Crippen LogP contribution is -2.24. The third kappa shape index (κ3) is 4.25. The van der Waals surface area contributed by atoms with Crippen LogP contribution in [0.3, 0.4) is 0 Å². The van der Waals surface area contributed by atoms with Crippen LogP contribution >= 0.6 is 22.9 Å². The highest BCUT2D eigenvalue weighted by molar-refractivity contribution is 7.10. The maximum atomic E-state index is 11.8. The fourth-order valence-corrected chi connectivity index (χ4v) is 2.72. The Bertz CT molecular complexity index is 569. The van der Waals surface area contributed by atoms with Crippen LogP contribution in [-0.2, 0) is 17.8 Å². The first kappa shape index (κ1) is 14.9. The number of rotatable bonds is 6. The van der Waals surface area contributed by atoms with Gasteiger partial charge in [0, 0.05) is 11.4 Å². The standard InChI is InChI=1S/C15H16ClNO2S/c1-2-19-14-6-5-11(8-13(14)16)10-17-15(18)9-12-4-3-7-20-12/h3-8H,2,9-10H2,1H3,(H,17,18). The van der Waals surface area contributed by atoms with E-state index in [-0.39, 0.29) is 5.91 Å². The molecule has 5 heteroatoms. The summed E-state index contributed by atoms with van der Waals surface area (Å²) in [6, 6.07) is 9.45. The second-order valence-corrected chi connectivity index (χ2v) is 5.67. The Balaban J connectivity index is 1.87. The van der Waals surface area contributed by atoms with Crippen molar-refractivity contribution in [3.8, 4) is 5.75 Å². The van der Waals surface area contributed by atoms with Gasteiger partial charge in [-0.25, -0.2) is 0 Å². The van der Waals surface area contributed by atoms with Crippen LogP contribution in [0.5, 0.6) is 5.75 Å². The lowest BCUT2D eigenvalue weighted by Gasteiger charge is -2.08. The second-order valence-electron chi connectivity index (χ2n) is 4.23. The highest BCUT2D eigenvalue weighted by Crippen LogP contribution is 2.25. The number of carbonyl (C=O) groups is 1. The zero-order valence-electron chi connectivity index (χ0n) is 11.2. The molecule has 1 heterocycles. The summed E-state index contributed by atoms with van der Waals surface area (Å²) >= 11 is 7.69. The fourth-order valence-electron chi connectivity index (χ4n) is 1.76. The molecule has 0 unspecified atom stereocenters. The van der Waals surface area contributed by atoms with Crippen molar-refractivity contribution >= 4 is 28.8 Å². The highest BCUT2D eigenvalue weighted by atomic mass is 35.5. The monoisotopic (exact) mass is 309 g/mol. The molecule has 1 aromatic carbocycles. The molecule has 0 atom stereocenters. The summed E-state index contributed by atoms with van der Waals surface area (Å²) in [7, 11) is 0. The van der Waals surface area contributed by atoms with Crippen LogP contribution in [0.2, 0.25) is 5.02 Å². The first-order chi connectivity index (χ1) is 9.69. The number of halogens is 1. The number of carbonyl (C=O) groups excluding carboxylic acids is 1. The first-order valence-electron chi connectivity index (χ1n) is 6.39. The minimum Gasteiger partial charge on any atom is -0.492 e. The van der Waals surface area contributed by atoms with E-state index in [1.807, 2.05) is 42.6 Å². The summed E-state index contributed by atoms with van der Waals surface area (Å²) in [6.07, 6.45) is 0.419. The average molecular weight is 310 g/mol. The number of amides is 1. The van der Waals surface area contributed by atoms with E-state index in [1.54, 1.807) is 11.3 Å². The lowest BCUT2D eigenvalue weighted by atomic mass is 10.2. The molecule has 0 fully saturated rings. The molecule has 2 rings (SSSR count). The van der Waals surface area contributed by atoms with E-state index in [2.05, 4.69) is 5.32 Å². The predicted octanol–water partition coefficient (Wildman–Crippen LogP) is 3.66. The molecule has 0 bridgehead atoms. The molecule has 106 valence electrons. The van der Waals surface area contributed by atoms with Crippen LogP contribution < -0.4 is 10.1 Å². The number of thiophene rings is 1. The molecule has 1 amide bonds. The molecule has 20 heavy (non-hydrogen) atoms. The number of hydrogen-bond acceptors (Lipinski definition) is 3. The van der Waals surface area contributed by atoms with Crippen LogP contribution in [0.4, 0.5) is 0 Å². The molecule has 0 spiro atoms. The topological polar surface area (TPSA) is 38.3 Å². The summed E-state index contributed by atoms with van der Waals surface area (Å²) in [4.78, 5) is 12.8. The van der Waals surface area contributed by atoms with Gasteiger partial charge < -0.3 is 10.1 Å². The Morgan fingerprint density at radius 3 is 2.90 bits per heavy atom. The predicted molar refractivity (Wildman–Crippen MR) is 82.5 cm³/mol. The average Bonchev–Trinajstić information content (AvgIpc) is 2.92. The van der Waals surface area contributed by atoms with Gasteiger partial charge in [-0.3, -0.25) is 4.79 Å². The molecule has 1 aromatic heterocycles. The maximum absolute atomic E-state index is 11.8. The zero-order valence-corrected chi connectivity index (χ0v) is 12.8. The maximum Gasteiger partial charge on any atom is 0.225 e. The van der Waals surface area contributed by atoms with Gasteiger partial charge in [0.1, 0.15) is 5.75 Å². The van der Waals surface area contributed by atoms with Crippen molar-refractivity contribution in [2.75, 3.05) is 6.61 Å². The summed E-state index contributed by atoms with van der Waals surface area (Å²) in [6.45, 7) is 2.96. The Kier molecular flexibility index (Phi) is 5.44. The third-order valence-corrected chi connectivity index (χ3v) is 3.87. The number of ether oxygens (including phenoxy) is 1. The van der Waals surface area contributed by atoms with E-state index in [0.29, 0.717) is 30.3 Å². The lowest BCUT2D eigenvalue weighted by molar-refractivity contribution is -0.120. The molecule has 3 nitrogen and oxygen atoms in total. The summed E-state index contributed by atoms with van der Waals surface area (Å²) in [5.74, 6) is 0.681. The quantitative estimate of drug-likeness (QED) is 0.884. The van der Waals surface area contributed by atoms with Crippen LogP contribution in [0.1, 0.15) is 17.4 Å². The van der Waals surface area contributed by atoms with Crippen LogP contribution in [0, 0.1) is 0 Å². The number of nitrogens with one attached hydrogen (secondary N) is 1. The van der Waals surface area contributed by atoms with Gasteiger partial charge in [-0.15, -0.1) is 11.3 Å². The van der Waals surface area contributed by atoms with E-state index in [0.717, 1.165) is 10.4 Å². The molecule has 2 aromatic rings. The number of hydrogen-bond donors (Lipinski definition) is 1. The van der Waals surface area contributed by atoms with Gasteiger partial charge in [-0.2, -0.15) is 0 Å². The summed E-state index contributed by atoms with van der Waals surface area (Å²) in [5, 5.41) is 5.42. The van der Waals surface area contributed by atoms with Crippen molar-refractivity contribution in [1.29, 1.82) is 0 Å². The van der Waals surface area contributed by atoms with Crippen molar-refractivity contribution in [2.45, 2.75) is 19.9 Å². The van der Waals surface area contributed by atoms with Gasteiger partial charge in [0.2, 0.25) is 5.91 Å². The van der Waals surface area contributed by atoms with Crippen molar-refractivity contribution in [3.05, 3.63) is 51.2 Å². The van der Waals surface area contributed by atoms with Gasteiger partial charge in [0.25, 0.3) is 0 Å². The van der Waals surface area contributed by atoms with Gasteiger partial charge in [0.15, 0.2) is 0 Å². The molecule has 0 saturated carbocycles. The molecule has 0 aliphatic carbocycles. The molecule has 0 aliphatic rings. The van der Waals surface area contributed by atoms with E-state index in [4.69, 9.17) is 16.3 Å². The zero-order chi connectivity index (χ0) is 14.4. The Hall–Kier alpha value is -1.52. The second kappa shape index (κ2) is 7.31. The van der Waals surface area contributed by atoms with Gasteiger partial charge in [0.05, 0.1) is 18.1 Å². The number of benzene rings is 1. The minimum absolute atomic E-state index is 0.0115. The summed E-state index contributed by atoms with van der Waals surface area (Å²) in [5.41, 5.74) is 0.956. The van der Waals surface area contributed by atoms with Gasteiger partial charge >= 0.3 is 0 Å². The Labute approximate surface area is 127 Å². The SMILES string of the molecule is CCOc1ccc(CNC(=O)Cc2cccs2)cc1Cl. The van der Waals surface area contributed by atoms with Crippen LogP contribution in [0.15, 0.2) is 35.7 Å². The smallest absolute Gasteiger partial charge is 0.225 e. The van der Waals surface area contributed by atoms with E-state index >= 15 is 0 Å². The molecule has 0 saturated heterocycles. The van der Waals surface area contributed by atoms with E-state index < -0.39 is 0 Å². The molecule has 0 aliphatic heterocycles. The van der Waals surface area contributed by atoms with Crippen LogP contribution in [0.25, 0.3) is 0 Å². The third-order valence-electron chi connectivity index (χ3n) is 2.70. The highest BCUT2D eigenvalue weighted by Gasteiger charge is 2.06. The van der Waals surface area contributed by atoms with Crippen molar-refractivity contribution in [2.24, 2.45) is 0 Å². The first-order valence-corrected chi connectivity index (χ1v) is 7.65. The molecular formula is C15H16ClNO2S. The minimum atomic E-state index is 0.0115. The van der Waals surface area contributed by atoms with Crippen LogP contribution in [-0.4, -0.2) is 12.5 Å². The van der Waals surface area contributed by atoms with Crippen molar-refractivity contribution in [1.82, 2.24) is 5.32 Å².